The summed E-state index contributed by atoms with van der Waals surface area (Å²) in [4.78, 5) is 27.2. The van der Waals surface area contributed by atoms with Gasteiger partial charge < -0.3 is 4.42 Å². The molecule has 4 aromatic rings. The Bertz CT molecular complexity index is 1440. The van der Waals surface area contributed by atoms with Gasteiger partial charge in [-0.15, -0.1) is 0 Å². The Morgan fingerprint density at radius 2 is 1.31 bits per heavy atom. The Morgan fingerprint density at radius 1 is 0.743 bits per heavy atom. The molecule has 1 aromatic heterocycles. The molecule has 2 bridgehead atoms. The predicted octanol–water partition coefficient (Wildman–Crippen LogP) is 5.83. The highest BCUT2D eigenvalue weighted by Crippen LogP contribution is 2.60. The van der Waals surface area contributed by atoms with Crippen molar-refractivity contribution in [2.45, 2.75) is 11.8 Å². The van der Waals surface area contributed by atoms with E-state index in [4.69, 9.17) is 16.0 Å². The molecule has 2 amide bonds. The molecule has 6 heteroatoms. The van der Waals surface area contributed by atoms with Gasteiger partial charge in [-0.2, -0.15) is 10.1 Å². The van der Waals surface area contributed by atoms with Crippen LogP contribution in [0.1, 0.15) is 39.8 Å². The molecule has 1 fully saturated rings. The fraction of sp³-hybridized carbons (Fsp3) is 0.138. The molecule has 5 nitrogen and oxygen atoms in total. The Morgan fingerprint density at radius 3 is 1.86 bits per heavy atom. The van der Waals surface area contributed by atoms with Crippen molar-refractivity contribution in [1.29, 1.82) is 0 Å². The van der Waals surface area contributed by atoms with Crippen LogP contribution in [0.25, 0.3) is 11.3 Å². The third kappa shape index (κ3) is 2.91. The van der Waals surface area contributed by atoms with E-state index in [1.165, 1.54) is 6.21 Å². The molecular formula is C29H19ClN2O3. The normalized spacial score (nSPS) is 24.1. The quantitative estimate of drug-likeness (QED) is 0.275. The van der Waals surface area contributed by atoms with Gasteiger partial charge in [0, 0.05) is 22.4 Å². The molecule has 4 aliphatic rings. The van der Waals surface area contributed by atoms with Gasteiger partial charge in [-0.3, -0.25) is 9.59 Å². The van der Waals surface area contributed by atoms with Gasteiger partial charge in [-0.1, -0.05) is 72.3 Å². The standard InChI is InChI=1S/C29H19ClN2O3/c30-17-7-5-6-16(14-17)23-13-12-18(35-23)15-31-32-28(33)26-24-19-8-1-2-9-20(19)25(27(26)29(32)34)22-11-4-3-10-21(22)24/h1-15,24-27H/b31-15-/t24?,25?,26-,27-/m0/s1. The van der Waals surface area contributed by atoms with Gasteiger partial charge in [-0.25, -0.2) is 0 Å². The molecule has 3 aromatic carbocycles. The summed E-state index contributed by atoms with van der Waals surface area (Å²) in [6, 6.07) is 27.3. The molecule has 0 radical (unpaired) electrons. The summed E-state index contributed by atoms with van der Waals surface area (Å²) in [6.45, 7) is 0. The third-order valence-electron chi connectivity index (χ3n) is 7.46. The summed E-state index contributed by atoms with van der Waals surface area (Å²) >= 11 is 6.09. The van der Waals surface area contributed by atoms with Crippen molar-refractivity contribution in [2.75, 3.05) is 0 Å². The molecule has 2 heterocycles. The molecule has 0 spiro atoms. The first-order valence-corrected chi connectivity index (χ1v) is 11.9. The number of halogens is 1. The van der Waals surface area contributed by atoms with Crippen molar-refractivity contribution in [2.24, 2.45) is 16.9 Å². The lowest BCUT2D eigenvalue weighted by atomic mass is 9.55. The molecule has 35 heavy (non-hydrogen) atoms. The largest absolute Gasteiger partial charge is 0.455 e. The van der Waals surface area contributed by atoms with Gasteiger partial charge in [0.25, 0.3) is 11.8 Å². The predicted molar refractivity (Wildman–Crippen MR) is 132 cm³/mol. The lowest BCUT2D eigenvalue weighted by Crippen LogP contribution is -2.41. The second-order valence-electron chi connectivity index (χ2n) is 9.21. The van der Waals surface area contributed by atoms with Crippen molar-refractivity contribution in [1.82, 2.24) is 5.01 Å². The SMILES string of the molecule is O=C1[C@H]2C3c4ccccc4C(c4ccccc43)[C@@H]2C(=O)N1/N=C\c1ccc(-c2cccc(Cl)c2)o1. The van der Waals surface area contributed by atoms with Gasteiger partial charge >= 0.3 is 0 Å². The van der Waals surface area contributed by atoms with Crippen molar-refractivity contribution in [3.05, 3.63) is 118 Å². The van der Waals surface area contributed by atoms with E-state index >= 15 is 0 Å². The molecule has 1 aliphatic heterocycles. The van der Waals surface area contributed by atoms with E-state index in [0.29, 0.717) is 16.5 Å². The van der Waals surface area contributed by atoms with E-state index in [-0.39, 0.29) is 23.7 Å². The minimum Gasteiger partial charge on any atom is -0.455 e. The Balaban J connectivity index is 1.24. The Hall–Kier alpha value is -3.96. The maximum absolute atomic E-state index is 13.6. The maximum Gasteiger partial charge on any atom is 0.254 e. The van der Waals surface area contributed by atoms with Crippen LogP contribution in [0.4, 0.5) is 0 Å². The first-order chi connectivity index (χ1) is 17.1. The van der Waals surface area contributed by atoms with E-state index in [9.17, 15) is 9.59 Å². The lowest BCUT2D eigenvalue weighted by molar-refractivity contribution is -0.139. The molecule has 8 rings (SSSR count). The van der Waals surface area contributed by atoms with Crippen LogP contribution in [0.2, 0.25) is 5.02 Å². The molecule has 1 saturated heterocycles. The van der Waals surface area contributed by atoms with E-state index in [0.717, 1.165) is 32.8 Å². The number of hydrogen-bond acceptors (Lipinski definition) is 4. The summed E-state index contributed by atoms with van der Waals surface area (Å²) in [5, 5.41) is 5.98. The zero-order valence-electron chi connectivity index (χ0n) is 18.5. The van der Waals surface area contributed by atoms with Crippen molar-refractivity contribution in [3.8, 4) is 11.3 Å². The molecule has 170 valence electrons. The molecular weight excluding hydrogens is 460 g/mol. The third-order valence-corrected chi connectivity index (χ3v) is 7.70. The van der Waals surface area contributed by atoms with Gasteiger partial charge in [0.05, 0.1) is 18.1 Å². The minimum absolute atomic E-state index is 0.146. The molecule has 2 atom stereocenters. The topological polar surface area (TPSA) is 62.9 Å². The average Bonchev–Trinajstić information content (AvgIpc) is 3.46. The van der Waals surface area contributed by atoms with E-state index in [1.54, 1.807) is 12.1 Å². The van der Waals surface area contributed by atoms with Gasteiger partial charge in [0.15, 0.2) is 0 Å². The number of rotatable bonds is 3. The fourth-order valence-electron chi connectivity index (χ4n) is 6.11. The number of benzene rings is 3. The number of amides is 2. The number of carbonyl (C=O) groups is 2. The number of furan rings is 1. The van der Waals surface area contributed by atoms with Crippen LogP contribution >= 0.6 is 11.6 Å². The van der Waals surface area contributed by atoms with E-state index < -0.39 is 11.8 Å². The number of imide groups is 1. The zero-order chi connectivity index (χ0) is 23.7. The maximum atomic E-state index is 13.6. The summed E-state index contributed by atoms with van der Waals surface area (Å²) < 4.78 is 5.87. The monoisotopic (exact) mass is 478 g/mol. The first-order valence-electron chi connectivity index (χ1n) is 11.6. The fourth-order valence-corrected chi connectivity index (χ4v) is 6.30. The summed E-state index contributed by atoms with van der Waals surface area (Å²) in [6.07, 6.45) is 1.43. The smallest absolute Gasteiger partial charge is 0.254 e. The van der Waals surface area contributed by atoms with Crippen LogP contribution < -0.4 is 0 Å². The highest BCUT2D eigenvalue weighted by molar-refractivity contribution is 6.30. The number of hydrazone groups is 1. The zero-order valence-corrected chi connectivity index (χ0v) is 19.2. The van der Waals surface area contributed by atoms with E-state index in [1.807, 2.05) is 48.5 Å². The van der Waals surface area contributed by atoms with Crippen molar-refractivity contribution >= 4 is 29.6 Å². The van der Waals surface area contributed by atoms with Crippen LogP contribution in [0.3, 0.4) is 0 Å². The Labute approximate surface area is 206 Å². The first kappa shape index (κ1) is 20.4. The van der Waals surface area contributed by atoms with Crippen LogP contribution in [-0.2, 0) is 9.59 Å². The van der Waals surface area contributed by atoms with Crippen molar-refractivity contribution < 1.29 is 14.0 Å². The lowest BCUT2D eigenvalue weighted by Gasteiger charge is -2.45. The molecule has 0 saturated carbocycles. The van der Waals surface area contributed by atoms with Crippen LogP contribution in [0, 0.1) is 11.8 Å². The van der Waals surface area contributed by atoms with Crippen molar-refractivity contribution in [3.63, 3.8) is 0 Å². The summed E-state index contributed by atoms with van der Waals surface area (Å²) in [7, 11) is 0. The Kier molecular flexibility index (Phi) is 4.39. The second kappa shape index (κ2) is 7.52. The number of nitrogens with zero attached hydrogens (tertiary/aromatic N) is 2. The highest BCUT2D eigenvalue weighted by Gasteiger charge is 2.61. The molecule has 0 N–H and O–H groups in total. The minimum atomic E-state index is -0.451. The van der Waals surface area contributed by atoms with Gasteiger partial charge in [0.2, 0.25) is 0 Å². The molecule has 3 aliphatic carbocycles. The molecule has 0 unspecified atom stereocenters. The van der Waals surface area contributed by atoms with Crippen LogP contribution in [0.5, 0.6) is 0 Å². The average molecular weight is 479 g/mol. The summed E-state index contributed by atoms with van der Waals surface area (Å²) in [5.74, 6) is -0.621. The van der Waals surface area contributed by atoms with Gasteiger partial charge in [-0.05, 0) is 46.5 Å². The highest BCUT2D eigenvalue weighted by atomic mass is 35.5. The van der Waals surface area contributed by atoms with Crippen LogP contribution in [0.15, 0.2) is 94.4 Å². The second-order valence-corrected chi connectivity index (χ2v) is 9.65. The van der Waals surface area contributed by atoms with Gasteiger partial charge in [0.1, 0.15) is 11.5 Å². The number of carbonyl (C=O) groups excluding carboxylic acids is 2. The van der Waals surface area contributed by atoms with Crippen LogP contribution in [-0.4, -0.2) is 23.0 Å². The summed E-state index contributed by atoms with van der Waals surface area (Å²) in [5.41, 5.74) is 5.40. The number of hydrogen-bond donors (Lipinski definition) is 0. The van der Waals surface area contributed by atoms with E-state index in [2.05, 4.69) is 29.4 Å².